The fourth-order valence-corrected chi connectivity index (χ4v) is 3.02. The third-order valence-corrected chi connectivity index (χ3v) is 4.47. The zero-order valence-electron chi connectivity index (χ0n) is 12.6. The number of carbonyl (C=O) groups excluding carboxylic acids is 2. The van der Waals surface area contributed by atoms with Crippen molar-refractivity contribution in [3.05, 3.63) is 40.8 Å². The highest BCUT2D eigenvalue weighted by Gasteiger charge is 2.36. The fraction of sp³-hybridized carbons (Fsp3) is 0.312. The van der Waals surface area contributed by atoms with Crippen molar-refractivity contribution in [3.63, 3.8) is 0 Å². The minimum atomic E-state index is -0.452. The molecule has 0 saturated heterocycles. The first kappa shape index (κ1) is 15.5. The fourth-order valence-electron chi connectivity index (χ4n) is 2.30. The molecule has 1 aliphatic carbocycles. The molecule has 0 radical (unpaired) electrons. The summed E-state index contributed by atoms with van der Waals surface area (Å²) in [4.78, 5) is 26.8. The normalized spacial score (nSPS) is 19.9. The molecule has 23 heavy (non-hydrogen) atoms. The molecule has 0 bridgehead atoms. The predicted molar refractivity (Wildman–Crippen MR) is 87.9 cm³/mol. The summed E-state index contributed by atoms with van der Waals surface area (Å²) in [6, 6.07) is 3.82. The van der Waals surface area contributed by atoms with Crippen LogP contribution in [-0.2, 0) is 16.0 Å². The third kappa shape index (κ3) is 4.07. The molecule has 1 aliphatic rings. The standard InChI is InChI=1S/C16H17N3O3S/c1-9-6-12(9)13-4-2-11(22-13)3-5-15(21)19-16-18-10(8-23-16)7-14(17)20/h2-5,8-9,12H,6-7H2,1H3,(H2,17,20)(H,18,19,21)/b5-3-/t9-,12-/m1/s1. The molecule has 2 atom stereocenters. The molecule has 2 aromatic heterocycles. The molecule has 1 saturated carbocycles. The number of thiazole rings is 1. The Labute approximate surface area is 137 Å². The Morgan fingerprint density at radius 1 is 1.52 bits per heavy atom. The van der Waals surface area contributed by atoms with Crippen molar-refractivity contribution in [2.75, 3.05) is 5.32 Å². The first-order chi connectivity index (χ1) is 11.0. The molecule has 120 valence electrons. The van der Waals surface area contributed by atoms with Gasteiger partial charge in [0.15, 0.2) is 5.13 Å². The Morgan fingerprint density at radius 3 is 3.00 bits per heavy atom. The summed E-state index contributed by atoms with van der Waals surface area (Å²) in [5.41, 5.74) is 5.65. The zero-order valence-corrected chi connectivity index (χ0v) is 13.4. The number of carbonyl (C=O) groups is 2. The Balaban J connectivity index is 1.55. The highest BCUT2D eigenvalue weighted by Crippen LogP contribution is 2.47. The second-order valence-corrected chi connectivity index (χ2v) is 6.53. The first-order valence-corrected chi connectivity index (χ1v) is 8.20. The topological polar surface area (TPSA) is 98.2 Å². The number of aromatic nitrogens is 1. The van der Waals surface area contributed by atoms with Crippen LogP contribution in [0.1, 0.15) is 36.5 Å². The zero-order chi connectivity index (χ0) is 16.4. The van der Waals surface area contributed by atoms with Crippen LogP contribution in [0.2, 0.25) is 0 Å². The van der Waals surface area contributed by atoms with Crippen molar-refractivity contribution >= 4 is 34.4 Å². The van der Waals surface area contributed by atoms with Crippen LogP contribution in [-0.4, -0.2) is 16.8 Å². The lowest BCUT2D eigenvalue weighted by atomic mass is 10.3. The number of nitrogens with one attached hydrogen (secondary N) is 1. The lowest BCUT2D eigenvalue weighted by Crippen LogP contribution is -2.14. The van der Waals surface area contributed by atoms with E-state index in [1.54, 1.807) is 11.5 Å². The smallest absolute Gasteiger partial charge is 0.250 e. The van der Waals surface area contributed by atoms with Crippen LogP contribution in [0.15, 0.2) is 28.0 Å². The minimum absolute atomic E-state index is 0.0664. The molecular formula is C16H17N3O3S. The highest BCUT2D eigenvalue weighted by atomic mass is 32.1. The number of amides is 2. The maximum atomic E-state index is 11.9. The second kappa shape index (κ2) is 6.37. The summed E-state index contributed by atoms with van der Waals surface area (Å²) in [6.07, 6.45) is 4.25. The first-order valence-electron chi connectivity index (χ1n) is 7.33. The van der Waals surface area contributed by atoms with Gasteiger partial charge in [-0.05, 0) is 30.5 Å². The minimum Gasteiger partial charge on any atom is -0.461 e. The average molecular weight is 331 g/mol. The molecule has 2 heterocycles. The van der Waals surface area contributed by atoms with Gasteiger partial charge in [0.2, 0.25) is 11.8 Å². The average Bonchev–Trinajstić information content (AvgIpc) is 2.90. The number of hydrogen-bond acceptors (Lipinski definition) is 5. The van der Waals surface area contributed by atoms with Crippen LogP contribution >= 0.6 is 11.3 Å². The Kier molecular flexibility index (Phi) is 4.29. The molecule has 1 fully saturated rings. The van der Waals surface area contributed by atoms with Crippen LogP contribution in [0.4, 0.5) is 5.13 Å². The number of furan rings is 1. The largest absolute Gasteiger partial charge is 0.461 e. The summed E-state index contributed by atoms with van der Waals surface area (Å²) in [7, 11) is 0. The molecule has 0 aliphatic heterocycles. The number of hydrogen-bond donors (Lipinski definition) is 2. The number of nitrogens with two attached hydrogens (primary N) is 1. The molecule has 0 unspecified atom stereocenters. The molecule has 2 amide bonds. The predicted octanol–water partition coefficient (Wildman–Crippen LogP) is 2.54. The molecule has 3 rings (SSSR count). The Bertz CT molecular complexity index is 762. The number of primary amides is 1. The number of anilines is 1. The van der Waals surface area contributed by atoms with E-state index < -0.39 is 5.91 Å². The number of nitrogens with zero attached hydrogens (tertiary/aromatic N) is 1. The van der Waals surface area contributed by atoms with Gasteiger partial charge in [0.25, 0.3) is 0 Å². The van der Waals surface area contributed by atoms with Crippen molar-refractivity contribution in [2.45, 2.75) is 25.7 Å². The highest BCUT2D eigenvalue weighted by molar-refractivity contribution is 7.14. The summed E-state index contributed by atoms with van der Waals surface area (Å²) in [5, 5.41) is 4.77. The Morgan fingerprint density at radius 2 is 2.30 bits per heavy atom. The van der Waals surface area contributed by atoms with E-state index in [0.29, 0.717) is 28.4 Å². The summed E-state index contributed by atoms with van der Waals surface area (Å²) >= 11 is 1.25. The van der Waals surface area contributed by atoms with Crippen LogP contribution in [0.5, 0.6) is 0 Å². The van der Waals surface area contributed by atoms with Gasteiger partial charge in [0.05, 0.1) is 12.1 Å². The molecule has 2 aromatic rings. The van der Waals surface area contributed by atoms with Crippen molar-refractivity contribution in [2.24, 2.45) is 11.7 Å². The maximum absolute atomic E-state index is 11.9. The van der Waals surface area contributed by atoms with Crippen LogP contribution in [0.25, 0.3) is 6.08 Å². The Hall–Kier alpha value is -2.41. The van der Waals surface area contributed by atoms with Crippen molar-refractivity contribution < 1.29 is 14.0 Å². The van der Waals surface area contributed by atoms with E-state index in [2.05, 4.69) is 17.2 Å². The molecule has 3 N–H and O–H groups in total. The van der Waals surface area contributed by atoms with E-state index in [9.17, 15) is 9.59 Å². The summed E-state index contributed by atoms with van der Waals surface area (Å²) < 4.78 is 5.70. The van der Waals surface area contributed by atoms with E-state index in [1.165, 1.54) is 17.4 Å². The van der Waals surface area contributed by atoms with Crippen LogP contribution in [0, 0.1) is 5.92 Å². The van der Waals surface area contributed by atoms with Gasteiger partial charge in [0.1, 0.15) is 11.5 Å². The molecule has 7 heteroatoms. The van der Waals surface area contributed by atoms with Gasteiger partial charge < -0.3 is 10.2 Å². The van der Waals surface area contributed by atoms with Crippen LogP contribution < -0.4 is 11.1 Å². The second-order valence-electron chi connectivity index (χ2n) is 5.67. The van der Waals surface area contributed by atoms with E-state index in [4.69, 9.17) is 10.2 Å². The van der Waals surface area contributed by atoms with Gasteiger partial charge in [0, 0.05) is 17.4 Å². The van der Waals surface area contributed by atoms with Gasteiger partial charge in [-0.2, -0.15) is 0 Å². The lowest BCUT2D eigenvalue weighted by molar-refractivity contribution is -0.117. The molecule has 0 spiro atoms. The van der Waals surface area contributed by atoms with Gasteiger partial charge in [-0.25, -0.2) is 4.98 Å². The van der Waals surface area contributed by atoms with Gasteiger partial charge in [-0.3, -0.25) is 14.9 Å². The monoisotopic (exact) mass is 331 g/mol. The summed E-state index contributed by atoms with van der Waals surface area (Å²) in [5.74, 6) is 2.08. The summed E-state index contributed by atoms with van der Waals surface area (Å²) in [6.45, 7) is 2.19. The van der Waals surface area contributed by atoms with Gasteiger partial charge >= 0.3 is 0 Å². The van der Waals surface area contributed by atoms with Crippen LogP contribution in [0.3, 0.4) is 0 Å². The van der Waals surface area contributed by atoms with Gasteiger partial charge in [-0.1, -0.05) is 6.92 Å². The van der Waals surface area contributed by atoms with Crippen molar-refractivity contribution in [1.29, 1.82) is 0 Å². The molecule has 0 aromatic carbocycles. The van der Waals surface area contributed by atoms with E-state index in [0.717, 1.165) is 12.2 Å². The number of rotatable bonds is 6. The van der Waals surface area contributed by atoms with Gasteiger partial charge in [-0.15, -0.1) is 11.3 Å². The van der Waals surface area contributed by atoms with E-state index in [-0.39, 0.29) is 12.3 Å². The molecule has 6 nitrogen and oxygen atoms in total. The third-order valence-electron chi connectivity index (χ3n) is 3.66. The van der Waals surface area contributed by atoms with Crippen molar-refractivity contribution in [3.8, 4) is 0 Å². The lowest BCUT2D eigenvalue weighted by Gasteiger charge is -1.95. The molecular weight excluding hydrogens is 314 g/mol. The van der Waals surface area contributed by atoms with Crippen molar-refractivity contribution in [1.82, 2.24) is 4.98 Å². The quantitative estimate of drug-likeness (QED) is 0.795. The van der Waals surface area contributed by atoms with E-state index >= 15 is 0 Å². The van der Waals surface area contributed by atoms with E-state index in [1.807, 2.05) is 12.1 Å². The maximum Gasteiger partial charge on any atom is 0.250 e. The SMILES string of the molecule is C[C@@H]1C[C@H]1c1ccc(/C=C\C(=O)Nc2nc(CC(N)=O)cs2)o1.